The van der Waals surface area contributed by atoms with Crippen molar-refractivity contribution in [1.29, 1.82) is 0 Å². The highest BCUT2D eigenvalue weighted by Gasteiger charge is 2.44. The van der Waals surface area contributed by atoms with Crippen LogP contribution in [0, 0.1) is 5.92 Å². The average Bonchev–Trinajstić information content (AvgIpc) is 3.07. The first-order valence-corrected chi connectivity index (χ1v) is 9.60. The molecule has 1 N–H and O–H groups in total. The van der Waals surface area contributed by atoms with E-state index in [2.05, 4.69) is 17.1 Å². The molecule has 0 bridgehead atoms. The van der Waals surface area contributed by atoms with Crippen LogP contribution in [0.2, 0.25) is 0 Å². The van der Waals surface area contributed by atoms with Crippen molar-refractivity contribution in [1.82, 2.24) is 14.8 Å². The minimum absolute atomic E-state index is 0.0552. The first-order valence-electron chi connectivity index (χ1n) is 9.60. The highest BCUT2D eigenvalue weighted by Crippen LogP contribution is 2.33. The average molecular weight is 359 g/mol. The molecule has 142 valence electrons. The van der Waals surface area contributed by atoms with Crippen molar-refractivity contribution < 1.29 is 14.7 Å². The van der Waals surface area contributed by atoms with Gasteiger partial charge in [0.1, 0.15) is 0 Å². The number of pyridine rings is 1. The third-order valence-corrected chi connectivity index (χ3v) is 5.99. The number of carbonyl (C=O) groups excluding carboxylic acids is 2. The summed E-state index contributed by atoms with van der Waals surface area (Å²) in [6.07, 6.45) is 8.46. The highest BCUT2D eigenvalue weighted by molar-refractivity contribution is 5.80. The Kier molecular flexibility index (Phi) is 5.91. The molecule has 26 heavy (non-hydrogen) atoms. The molecule has 1 unspecified atom stereocenters. The molecule has 1 aromatic rings. The number of aliphatic hydroxyl groups excluding tert-OH is 1. The van der Waals surface area contributed by atoms with E-state index in [9.17, 15) is 14.7 Å². The number of carbonyl (C=O) groups is 2. The van der Waals surface area contributed by atoms with Gasteiger partial charge >= 0.3 is 0 Å². The number of aliphatic hydroxyl groups is 1. The number of likely N-dealkylation sites (tertiary alicyclic amines) is 2. The van der Waals surface area contributed by atoms with Crippen molar-refractivity contribution in [3.63, 3.8) is 0 Å². The maximum Gasteiger partial charge on any atom is 0.225 e. The molecule has 0 saturated carbocycles. The molecule has 2 fully saturated rings. The summed E-state index contributed by atoms with van der Waals surface area (Å²) in [5, 5.41) is 9.92. The third kappa shape index (κ3) is 4.06. The topological polar surface area (TPSA) is 73.7 Å². The molecule has 0 spiro atoms. The molecule has 0 radical (unpaired) electrons. The van der Waals surface area contributed by atoms with Gasteiger partial charge in [-0.15, -0.1) is 0 Å². The van der Waals surface area contributed by atoms with Gasteiger partial charge in [0, 0.05) is 39.0 Å². The summed E-state index contributed by atoms with van der Waals surface area (Å²) in [5.74, 6) is 0.600. The van der Waals surface area contributed by atoms with Crippen LogP contribution in [0.15, 0.2) is 24.5 Å². The van der Waals surface area contributed by atoms with E-state index < -0.39 is 5.54 Å². The summed E-state index contributed by atoms with van der Waals surface area (Å²) in [7, 11) is 0. The normalized spacial score (nSPS) is 24.1. The highest BCUT2D eigenvalue weighted by atomic mass is 16.3. The van der Waals surface area contributed by atoms with Crippen molar-refractivity contribution >= 4 is 11.8 Å². The van der Waals surface area contributed by atoms with Gasteiger partial charge in [0.2, 0.25) is 11.8 Å². The number of piperidine rings is 1. The lowest BCUT2D eigenvalue weighted by Gasteiger charge is -2.39. The van der Waals surface area contributed by atoms with E-state index in [-0.39, 0.29) is 24.8 Å². The SMILES string of the molecule is CC(=O)N1CCCC1(CO)CC(=O)N1CCC(Cc2ccncc2)CC1. The van der Waals surface area contributed by atoms with Gasteiger partial charge in [-0.05, 0) is 55.7 Å². The van der Waals surface area contributed by atoms with Gasteiger partial charge in [-0.25, -0.2) is 0 Å². The Morgan fingerprint density at radius 1 is 1.23 bits per heavy atom. The standard InChI is InChI=1S/C20H29N3O3/c1-16(25)23-10-2-7-20(23,15-24)14-19(26)22-11-5-18(6-12-22)13-17-3-8-21-9-4-17/h3-4,8-9,18,24H,2,5-7,10-15H2,1H3. The Bertz CT molecular complexity index is 628. The fourth-order valence-corrected chi connectivity index (χ4v) is 4.47. The maximum absolute atomic E-state index is 12.8. The maximum atomic E-state index is 12.8. The molecular formula is C20H29N3O3. The number of amides is 2. The largest absolute Gasteiger partial charge is 0.394 e. The zero-order valence-corrected chi connectivity index (χ0v) is 15.6. The smallest absolute Gasteiger partial charge is 0.225 e. The Morgan fingerprint density at radius 3 is 2.54 bits per heavy atom. The van der Waals surface area contributed by atoms with Crippen LogP contribution < -0.4 is 0 Å². The molecule has 3 heterocycles. The lowest BCUT2D eigenvalue weighted by molar-refractivity contribution is -0.141. The molecule has 6 nitrogen and oxygen atoms in total. The Labute approximate surface area is 155 Å². The van der Waals surface area contributed by atoms with Crippen LogP contribution in [-0.2, 0) is 16.0 Å². The Morgan fingerprint density at radius 2 is 1.92 bits per heavy atom. The van der Waals surface area contributed by atoms with E-state index in [1.165, 1.54) is 12.5 Å². The van der Waals surface area contributed by atoms with Gasteiger partial charge in [-0.1, -0.05) is 0 Å². The third-order valence-electron chi connectivity index (χ3n) is 5.99. The molecule has 2 aliphatic heterocycles. The summed E-state index contributed by atoms with van der Waals surface area (Å²) in [6.45, 7) is 3.53. The van der Waals surface area contributed by atoms with Crippen molar-refractivity contribution in [2.45, 2.75) is 51.0 Å². The van der Waals surface area contributed by atoms with Gasteiger partial charge in [0.15, 0.2) is 0 Å². The van der Waals surface area contributed by atoms with Crippen LogP contribution in [0.1, 0.15) is 44.6 Å². The van der Waals surface area contributed by atoms with Gasteiger partial charge in [0.05, 0.1) is 18.6 Å². The summed E-state index contributed by atoms with van der Waals surface area (Å²) in [5.41, 5.74) is 0.601. The number of hydrogen-bond acceptors (Lipinski definition) is 4. The molecule has 2 aliphatic rings. The molecule has 0 aromatic carbocycles. The second kappa shape index (κ2) is 8.16. The van der Waals surface area contributed by atoms with E-state index in [1.54, 1.807) is 4.90 Å². The van der Waals surface area contributed by atoms with E-state index in [4.69, 9.17) is 0 Å². The summed E-state index contributed by atoms with van der Waals surface area (Å²) in [4.78, 5) is 32.4. The van der Waals surface area contributed by atoms with Crippen molar-refractivity contribution in [3.05, 3.63) is 30.1 Å². The van der Waals surface area contributed by atoms with Gasteiger partial charge in [-0.3, -0.25) is 14.6 Å². The van der Waals surface area contributed by atoms with Crippen LogP contribution >= 0.6 is 0 Å². The molecule has 2 amide bonds. The number of rotatable bonds is 5. The second-order valence-electron chi connectivity index (χ2n) is 7.72. The molecule has 1 aromatic heterocycles. The first-order chi connectivity index (χ1) is 12.5. The minimum atomic E-state index is -0.698. The quantitative estimate of drug-likeness (QED) is 0.867. The first kappa shape index (κ1) is 18.8. The van der Waals surface area contributed by atoms with E-state index >= 15 is 0 Å². The van der Waals surface area contributed by atoms with Gasteiger partial charge in [-0.2, -0.15) is 0 Å². The van der Waals surface area contributed by atoms with Gasteiger partial charge in [0.25, 0.3) is 0 Å². The number of aromatic nitrogens is 1. The zero-order valence-electron chi connectivity index (χ0n) is 15.6. The van der Waals surface area contributed by atoms with Crippen molar-refractivity contribution in [3.8, 4) is 0 Å². The molecule has 2 saturated heterocycles. The van der Waals surface area contributed by atoms with Crippen LogP contribution in [0.5, 0.6) is 0 Å². The van der Waals surface area contributed by atoms with Crippen molar-refractivity contribution in [2.75, 3.05) is 26.2 Å². The van der Waals surface area contributed by atoms with E-state index in [0.29, 0.717) is 18.9 Å². The lowest BCUT2D eigenvalue weighted by Crippen LogP contribution is -2.53. The summed E-state index contributed by atoms with van der Waals surface area (Å²) >= 11 is 0. The van der Waals surface area contributed by atoms with E-state index in [1.807, 2.05) is 17.3 Å². The Balaban J connectivity index is 1.54. The number of nitrogens with zero attached hydrogens (tertiary/aromatic N) is 3. The second-order valence-corrected chi connectivity index (χ2v) is 7.72. The predicted molar refractivity (Wildman–Crippen MR) is 98.3 cm³/mol. The summed E-state index contributed by atoms with van der Waals surface area (Å²) < 4.78 is 0. The fourth-order valence-electron chi connectivity index (χ4n) is 4.47. The van der Waals surface area contributed by atoms with Crippen LogP contribution in [-0.4, -0.2) is 63.5 Å². The fraction of sp³-hybridized carbons (Fsp3) is 0.650. The van der Waals surface area contributed by atoms with Gasteiger partial charge < -0.3 is 14.9 Å². The zero-order chi connectivity index (χ0) is 18.6. The molecule has 6 heteroatoms. The monoisotopic (exact) mass is 359 g/mol. The minimum Gasteiger partial charge on any atom is -0.394 e. The molecule has 0 aliphatic carbocycles. The Hall–Kier alpha value is -1.95. The molecule has 3 rings (SSSR count). The predicted octanol–water partition coefficient (Wildman–Crippen LogP) is 1.63. The van der Waals surface area contributed by atoms with Crippen LogP contribution in [0.4, 0.5) is 0 Å². The van der Waals surface area contributed by atoms with Crippen LogP contribution in [0.3, 0.4) is 0 Å². The van der Waals surface area contributed by atoms with Crippen LogP contribution in [0.25, 0.3) is 0 Å². The van der Waals surface area contributed by atoms with Crippen molar-refractivity contribution in [2.24, 2.45) is 5.92 Å². The number of hydrogen-bond donors (Lipinski definition) is 1. The van der Waals surface area contributed by atoms with E-state index in [0.717, 1.165) is 38.8 Å². The summed E-state index contributed by atoms with van der Waals surface area (Å²) in [6, 6.07) is 4.11. The molecular weight excluding hydrogens is 330 g/mol. The lowest BCUT2D eigenvalue weighted by atomic mass is 9.88. The molecule has 1 atom stereocenters.